The molecule has 0 spiro atoms. The lowest BCUT2D eigenvalue weighted by atomic mass is 10.3. The summed E-state index contributed by atoms with van der Waals surface area (Å²) >= 11 is 5.45. The molecule has 0 aliphatic carbocycles. The lowest BCUT2D eigenvalue weighted by Gasteiger charge is -1.96. The monoisotopic (exact) mass is 174 g/mol. The van der Waals surface area contributed by atoms with Crippen LogP contribution in [0.4, 0.5) is 0 Å². The molecule has 5 heteroatoms. The van der Waals surface area contributed by atoms with Crippen LogP contribution in [0.2, 0.25) is 0 Å². The van der Waals surface area contributed by atoms with Crippen molar-refractivity contribution in [2.24, 2.45) is 0 Å². The molecular weight excluding hydrogens is 168 g/mol. The highest BCUT2D eigenvalue weighted by Crippen LogP contribution is 1.97. The fourth-order valence-electron chi connectivity index (χ4n) is 0.787. The predicted molar refractivity (Wildman–Crippen MR) is 42.0 cm³/mol. The summed E-state index contributed by atoms with van der Waals surface area (Å²) in [6.45, 7) is 1.63. The molecule has 0 aromatic carbocycles. The number of alkyl halides is 1. The van der Waals surface area contributed by atoms with Gasteiger partial charge in [-0.05, 0) is 6.92 Å². The van der Waals surface area contributed by atoms with E-state index in [1.807, 2.05) is 0 Å². The Balaban J connectivity index is 3.49. The summed E-state index contributed by atoms with van der Waals surface area (Å²) in [5, 5.41) is 0. The van der Waals surface area contributed by atoms with Crippen LogP contribution in [0.3, 0.4) is 0 Å². The van der Waals surface area contributed by atoms with Gasteiger partial charge in [-0.3, -0.25) is 9.78 Å². The van der Waals surface area contributed by atoms with Crippen LogP contribution in [0.1, 0.15) is 11.3 Å². The summed E-state index contributed by atoms with van der Waals surface area (Å²) in [6.07, 6.45) is 0. The lowest BCUT2D eigenvalue weighted by molar-refractivity contribution is 0.956. The molecule has 1 aromatic rings. The zero-order chi connectivity index (χ0) is 8.43. The maximum atomic E-state index is 10.9. The van der Waals surface area contributed by atoms with E-state index >= 15 is 0 Å². The number of aromatic nitrogens is 2. The maximum Gasteiger partial charge on any atom is 0.325 e. The Morgan fingerprint density at radius 3 is 2.45 bits per heavy atom. The average molecular weight is 175 g/mol. The number of nitrogens with one attached hydrogen (secondary N) is 2. The molecule has 0 fully saturated rings. The van der Waals surface area contributed by atoms with Gasteiger partial charge in [-0.15, -0.1) is 11.6 Å². The van der Waals surface area contributed by atoms with Crippen molar-refractivity contribution in [1.82, 2.24) is 9.97 Å². The van der Waals surface area contributed by atoms with Crippen molar-refractivity contribution in [2.45, 2.75) is 12.8 Å². The molecule has 0 bridgehead atoms. The van der Waals surface area contributed by atoms with Crippen LogP contribution in [0.15, 0.2) is 9.59 Å². The highest BCUT2D eigenvalue weighted by atomic mass is 35.5. The summed E-state index contributed by atoms with van der Waals surface area (Å²) in [6, 6.07) is 0. The van der Waals surface area contributed by atoms with Gasteiger partial charge in [0, 0.05) is 5.69 Å². The van der Waals surface area contributed by atoms with E-state index in [-0.39, 0.29) is 5.88 Å². The topological polar surface area (TPSA) is 65.7 Å². The van der Waals surface area contributed by atoms with Crippen LogP contribution in [-0.2, 0) is 5.88 Å². The molecule has 0 amide bonds. The van der Waals surface area contributed by atoms with Crippen molar-refractivity contribution in [1.29, 1.82) is 0 Å². The largest absolute Gasteiger partial charge is 0.325 e. The highest BCUT2D eigenvalue weighted by molar-refractivity contribution is 6.17. The number of rotatable bonds is 1. The van der Waals surface area contributed by atoms with Crippen LogP contribution in [0.5, 0.6) is 0 Å². The summed E-state index contributed by atoms with van der Waals surface area (Å²) in [7, 11) is 0. The minimum atomic E-state index is -0.499. The Kier molecular flexibility index (Phi) is 2.14. The third-order valence-corrected chi connectivity index (χ3v) is 1.66. The van der Waals surface area contributed by atoms with Gasteiger partial charge in [0.2, 0.25) is 0 Å². The number of aromatic amines is 2. The summed E-state index contributed by atoms with van der Waals surface area (Å²) in [4.78, 5) is 26.1. The first kappa shape index (κ1) is 8.07. The molecule has 11 heavy (non-hydrogen) atoms. The van der Waals surface area contributed by atoms with Gasteiger partial charge < -0.3 is 4.98 Å². The first-order valence-corrected chi connectivity index (χ1v) is 3.56. The second-order valence-electron chi connectivity index (χ2n) is 2.15. The van der Waals surface area contributed by atoms with E-state index < -0.39 is 11.2 Å². The van der Waals surface area contributed by atoms with Gasteiger partial charge in [-0.25, -0.2) is 4.79 Å². The van der Waals surface area contributed by atoms with Crippen LogP contribution in [-0.4, -0.2) is 9.97 Å². The van der Waals surface area contributed by atoms with Crippen molar-refractivity contribution < 1.29 is 0 Å². The summed E-state index contributed by atoms with van der Waals surface area (Å²) in [5.74, 6) is 0.109. The van der Waals surface area contributed by atoms with Crippen LogP contribution < -0.4 is 11.2 Å². The lowest BCUT2D eigenvalue weighted by Crippen LogP contribution is -2.26. The molecule has 4 nitrogen and oxygen atoms in total. The van der Waals surface area contributed by atoms with E-state index in [1.165, 1.54) is 0 Å². The van der Waals surface area contributed by atoms with Gasteiger partial charge in [-0.2, -0.15) is 0 Å². The first-order chi connectivity index (χ1) is 5.15. The van der Waals surface area contributed by atoms with E-state index in [2.05, 4.69) is 9.97 Å². The van der Waals surface area contributed by atoms with Crippen molar-refractivity contribution in [3.05, 3.63) is 32.1 Å². The first-order valence-electron chi connectivity index (χ1n) is 3.03. The van der Waals surface area contributed by atoms with Crippen LogP contribution >= 0.6 is 11.6 Å². The van der Waals surface area contributed by atoms with Crippen molar-refractivity contribution in [3.63, 3.8) is 0 Å². The highest BCUT2D eigenvalue weighted by Gasteiger charge is 2.02. The Labute approximate surface area is 67.2 Å². The van der Waals surface area contributed by atoms with Gasteiger partial charge >= 0.3 is 5.69 Å². The number of hydrogen-bond acceptors (Lipinski definition) is 2. The fourth-order valence-corrected chi connectivity index (χ4v) is 1.11. The Bertz CT molecular complexity index is 366. The number of H-pyrrole nitrogens is 2. The second kappa shape index (κ2) is 2.92. The third kappa shape index (κ3) is 1.51. The molecule has 2 N–H and O–H groups in total. The zero-order valence-electron chi connectivity index (χ0n) is 5.90. The average Bonchev–Trinajstić information content (AvgIpc) is 1.85. The number of hydrogen-bond donors (Lipinski definition) is 2. The normalized spacial score (nSPS) is 10.0. The van der Waals surface area contributed by atoms with Gasteiger partial charge in [0.15, 0.2) is 0 Å². The molecule has 0 saturated carbocycles. The molecule has 1 aromatic heterocycles. The SMILES string of the molecule is Cc1[nH]c(=O)[nH]c(=O)c1CCl. The van der Waals surface area contributed by atoms with E-state index in [1.54, 1.807) is 6.92 Å². The van der Waals surface area contributed by atoms with Crippen LogP contribution in [0.25, 0.3) is 0 Å². The standard InChI is InChI=1S/C6H7ClN2O2/c1-3-4(2-7)5(10)9-6(11)8-3/h2H2,1H3,(H2,8,9,10,11). The third-order valence-electron chi connectivity index (χ3n) is 1.39. The predicted octanol–water partition coefficient (Wildman–Crippen LogP) is 0.110. The molecule has 0 unspecified atom stereocenters. The van der Waals surface area contributed by atoms with E-state index in [9.17, 15) is 9.59 Å². The number of halogens is 1. The Morgan fingerprint density at radius 2 is 2.00 bits per heavy atom. The minimum absolute atomic E-state index is 0.109. The summed E-state index contributed by atoms with van der Waals surface area (Å²) < 4.78 is 0. The molecule has 60 valence electrons. The van der Waals surface area contributed by atoms with Crippen molar-refractivity contribution in [2.75, 3.05) is 0 Å². The Morgan fingerprint density at radius 1 is 1.36 bits per heavy atom. The minimum Gasteiger partial charge on any atom is -0.311 e. The van der Waals surface area contributed by atoms with E-state index in [0.717, 1.165) is 0 Å². The molecule has 0 atom stereocenters. The molecule has 0 saturated heterocycles. The van der Waals surface area contributed by atoms with Gasteiger partial charge in [0.05, 0.1) is 11.4 Å². The quantitative estimate of drug-likeness (QED) is 0.594. The molecule has 1 rings (SSSR count). The molecule has 0 radical (unpaired) electrons. The fraction of sp³-hybridized carbons (Fsp3) is 0.333. The Hall–Kier alpha value is -1.03. The molecular formula is C6H7ClN2O2. The van der Waals surface area contributed by atoms with E-state index in [0.29, 0.717) is 11.3 Å². The van der Waals surface area contributed by atoms with E-state index in [4.69, 9.17) is 11.6 Å². The second-order valence-corrected chi connectivity index (χ2v) is 2.41. The summed E-state index contributed by atoms with van der Waals surface area (Å²) in [5.41, 5.74) is 0.0163. The van der Waals surface area contributed by atoms with Crippen molar-refractivity contribution in [3.8, 4) is 0 Å². The molecule has 0 aliphatic heterocycles. The zero-order valence-corrected chi connectivity index (χ0v) is 6.66. The molecule has 1 heterocycles. The maximum absolute atomic E-state index is 10.9. The van der Waals surface area contributed by atoms with Crippen molar-refractivity contribution >= 4 is 11.6 Å². The smallest absolute Gasteiger partial charge is 0.311 e. The van der Waals surface area contributed by atoms with Gasteiger partial charge in [-0.1, -0.05) is 0 Å². The van der Waals surface area contributed by atoms with Crippen LogP contribution in [0, 0.1) is 6.92 Å². The van der Waals surface area contributed by atoms with Gasteiger partial charge in [0.25, 0.3) is 5.56 Å². The molecule has 0 aliphatic rings. The number of aryl methyl sites for hydroxylation is 1. The van der Waals surface area contributed by atoms with Gasteiger partial charge in [0.1, 0.15) is 0 Å².